The van der Waals surface area contributed by atoms with E-state index < -0.39 is 0 Å². The van der Waals surface area contributed by atoms with Crippen LogP contribution in [0.2, 0.25) is 0 Å². The Morgan fingerprint density at radius 2 is 2.19 bits per heavy atom. The monoisotopic (exact) mass is 228 g/mol. The lowest BCUT2D eigenvalue weighted by molar-refractivity contribution is -0.136. The third-order valence-corrected chi connectivity index (χ3v) is 3.84. The molecule has 0 aromatic carbocycles. The molecule has 0 saturated heterocycles. The van der Waals surface area contributed by atoms with Crippen LogP contribution in [0.5, 0.6) is 0 Å². The normalized spacial score (nSPS) is 20.0. The maximum absolute atomic E-state index is 12.0. The van der Waals surface area contributed by atoms with Crippen LogP contribution in [0.15, 0.2) is 0 Å². The number of hydrogen-bond acceptors (Lipinski definition) is 3. The Morgan fingerprint density at radius 1 is 1.56 bits per heavy atom. The molecule has 0 aromatic rings. The van der Waals surface area contributed by atoms with E-state index in [-0.39, 0.29) is 17.4 Å². The van der Waals surface area contributed by atoms with E-state index in [0.29, 0.717) is 19.6 Å². The van der Waals surface area contributed by atoms with Crippen molar-refractivity contribution >= 4 is 5.91 Å². The fourth-order valence-electron chi connectivity index (χ4n) is 2.17. The number of hydrogen-bond donors (Lipinski definition) is 1. The summed E-state index contributed by atoms with van der Waals surface area (Å²) in [5.74, 6) is 0.190. The molecule has 0 aliphatic heterocycles. The van der Waals surface area contributed by atoms with Crippen LogP contribution in [0, 0.1) is 5.41 Å². The van der Waals surface area contributed by atoms with Crippen molar-refractivity contribution < 1.29 is 9.53 Å². The van der Waals surface area contributed by atoms with E-state index in [1.807, 2.05) is 14.0 Å². The zero-order valence-corrected chi connectivity index (χ0v) is 10.7. The van der Waals surface area contributed by atoms with Crippen LogP contribution in [0.4, 0.5) is 0 Å². The number of nitrogens with zero attached hydrogens (tertiary/aromatic N) is 1. The number of carbonyl (C=O) groups is 1. The largest absolute Gasteiger partial charge is 0.383 e. The van der Waals surface area contributed by atoms with Gasteiger partial charge in [0.2, 0.25) is 5.91 Å². The van der Waals surface area contributed by atoms with Gasteiger partial charge in [-0.1, -0.05) is 6.42 Å². The highest BCUT2D eigenvalue weighted by Crippen LogP contribution is 2.43. The third-order valence-electron chi connectivity index (χ3n) is 3.84. The van der Waals surface area contributed by atoms with Gasteiger partial charge in [-0.3, -0.25) is 4.79 Å². The van der Waals surface area contributed by atoms with Crippen LogP contribution in [-0.4, -0.2) is 44.2 Å². The van der Waals surface area contributed by atoms with Crippen molar-refractivity contribution in [3.05, 3.63) is 0 Å². The van der Waals surface area contributed by atoms with Crippen molar-refractivity contribution in [3.8, 4) is 0 Å². The predicted molar refractivity (Wildman–Crippen MR) is 64.1 cm³/mol. The van der Waals surface area contributed by atoms with Crippen LogP contribution in [0.25, 0.3) is 0 Å². The predicted octanol–water partition coefficient (Wildman–Crippen LogP) is 0.999. The first-order chi connectivity index (χ1) is 7.54. The Balaban J connectivity index is 2.44. The van der Waals surface area contributed by atoms with E-state index in [4.69, 9.17) is 10.5 Å². The molecule has 4 heteroatoms. The van der Waals surface area contributed by atoms with Crippen molar-refractivity contribution in [2.75, 3.05) is 27.3 Å². The van der Waals surface area contributed by atoms with Crippen LogP contribution >= 0.6 is 0 Å². The van der Waals surface area contributed by atoms with Gasteiger partial charge in [-0.25, -0.2) is 0 Å². The SMILES string of the molecule is COCC(C)N(C)C(=O)CC1(CN)CCC1. The molecule has 1 unspecified atom stereocenters. The first-order valence-electron chi connectivity index (χ1n) is 5.99. The summed E-state index contributed by atoms with van der Waals surface area (Å²) in [5, 5.41) is 0. The minimum atomic E-state index is 0.0954. The Morgan fingerprint density at radius 3 is 2.56 bits per heavy atom. The summed E-state index contributed by atoms with van der Waals surface area (Å²) in [7, 11) is 3.50. The van der Waals surface area contributed by atoms with Crippen LogP contribution in [0.1, 0.15) is 32.6 Å². The lowest BCUT2D eigenvalue weighted by Gasteiger charge is -2.41. The summed E-state index contributed by atoms with van der Waals surface area (Å²) in [5.41, 5.74) is 5.85. The number of carbonyl (C=O) groups excluding carboxylic acids is 1. The van der Waals surface area contributed by atoms with Gasteiger partial charge in [-0.15, -0.1) is 0 Å². The van der Waals surface area contributed by atoms with Crippen LogP contribution in [0.3, 0.4) is 0 Å². The van der Waals surface area contributed by atoms with Crippen molar-refractivity contribution in [1.82, 2.24) is 4.90 Å². The number of amides is 1. The Kier molecular flexibility index (Phi) is 4.74. The quantitative estimate of drug-likeness (QED) is 0.738. The van der Waals surface area contributed by atoms with E-state index >= 15 is 0 Å². The molecule has 1 aliphatic carbocycles. The summed E-state index contributed by atoms with van der Waals surface area (Å²) in [6, 6.07) is 0.132. The van der Waals surface area contributed by atoms with Gasteiger partial charge in [-0.2, -0.15) is 0 Å². The summed E-state index contributed by atoms with van der Waals surface area (Å²) >= 11 is 0. The van der Waals surface area contributed by atoms with Crippen LogP contribution < -0.4 is 5.73 Å². The second-order valence-corrected chi connectivity index (χ2v) is 5.04. The van der Waals surface area contributed by atoms with Gasteiger partial charge < -0.3 is 15.4 Å². The molecule has 1 aliphatic rings. The first-order valence-corrected chi connectivity index (χ1v) is 5.99. The summed E-state index contributed by atoms with van der Waals surface area (Å²) in [6.07, 6.45) is 4.00. The number of nitrogens with two attached hydrogens (primary N) is 1. The Labute approximate surface area is 98.1 Å². The number of rotatable bonds is 6. The van der Waals surface area contributed by atoms with E-state index in [0.717, 1.165) is 12.8 Å². The highest BCUT2D eigenvalue weighted by atomic mass is 16.5. The van der Waals surface area contributed by atoms with E-state index in [1.165, 1.54) is 6.42 Å². The molecule has 4 nitrogen and oxygen atoms in total. The molecule has 0 aromatic heterocycles. The molecule has 0 bridgehead atoms. The molecule has 1 rings (SSSR count). The van der Waals surface area contributed by atoms with Gasteiger partial charge in [0.1, 0.15) is 0 Å². The first kappa shape index (κ1) is 13.5. The standard InChI is InChI=1S/C12H24N2O2/c1-10(8-16-3)14(2)11(15)7-12(9-13)5-4-6-12/h10H,4-9,13H2,1-3H3. The second-order valence-electron chi connectivity index (χ2n) is 5.04. The molecule has 0 radical (unpaired) electrons. The molecular formula is C12H24N2O2. The van der Waals surface area contributed by atoms with E-state index in [9.17, 15) is 4.79 Å². The Hall–Kier alpha value is -0.610. The average Bonchev–Trinajstić information content (AvgIpc) is 2.22. The van der Waals surface area contributed by atoms with Gasteiger partial charge in [0.05, 0.1) is 12.6 Å². The average molecular weight is 228 g/mol. The second kappa shape index (κ2) is 5.64. The molecule has 1 amide bonds. The fraction of sp³-hybridized carbons (Fsp3) is 0.917. The molecule has 0 spiro atoms. The topological polar surface area (TPSA) is 55.6 Å². The zero-order chi connectivity index (χ0) is 12.2. The summed E-state index contributed by atoms with van der Waals surface area (Å²) in [6.45, 7) is 3.21. The van der Waals surface area contributed by atoms with Crippen molar-refractivity contribution in [1.29, 1.82) is 0 Å². The lowest BCUT2D eigenvalue weighted by atomic mass is 9.66. The molecule has 1 atom stereocenters. The molecule has 1 saturated carbocycles. The maximum atomic E-state index is 12.0. The highest BCUT2D eigenvalue weighted by molar-refractivity contribution is 5.77. The van der Waals surface area contributed by atoms with Crippen molar-refractivity contribution in [2.24, 2.45) is 11.1 Å². The molecule has 94 valence electrons. The van der Waals surface area contributed by atoms with Gasteiger partial charge in [0.15, 0.2) is 0 Å². The summed E-state index contributed by atoms with van der Waals surface area (Å²) < 4.78 is 5.05. The Bertz CT molecular complexity index is 234. The fourth-order valence-corrected chi connectivity index (χ4v) is 2.17. The third kappa shape index (κ3) is 2.95. The van der Waals surface area contributed by atoms with Crippen molar-refractivity contribution in [3.63, 3.8) is 0 Å². The summed E-state index contributed by atoms with van der Waals surface area (Å²) in [4.78, 5) is 13.8. The molecule has 16 heavy (non-hydrogen) atoms. The van der Waals surface area contributed by atoms with E-state index in [2.05, 4.69) is 0 Å². The number of methoxy groups -OCH3 is 1. The highest BCUT2D eigenvalue weighted by Gasteiger charge is 2.38. The lowest BCUT2D eigenvalue weighted by Crippen LogP contribution is -2.45. The van der Waals surface area contributed by atoms with Gasteiger partial charge in [-0.05, 0) is 31.7 Å². The minimum Gasteiger partial charge on any atom is -0.383 e. The van der Waals surface area contributed by atoms with Gasteiger partial charge >= 0.3 is 0 Å². The van der Waals surface area contributed by atoms with Crippen molar-refractivity contribution in [2.45, 2.75) is 38.6 Å². The maximum Gasteiger partial charge on any atom is 0.223 e. The smallest absolute Gasteiger partial charge is 0.223 e. The zero-order valence-electron chi connectivity index (χ0n) is 10.7. The molecule has 2 N–H and O–H groups in total. The van der Waals surface area contributed by atoms with Gasteiger partial charge in [0.25, 0.3) is 0 Å². The molecule has 1 fully saturated rings. The minimum absolute atomic E-state index is 0.0954. The van der Waals surface area contributed by atoms with Crippen LogP contribution in [-0.2, 0) is 9.53 Å². The van der Waals surface area contributed by atoms with Gasteiger partial charge in [0, 0.05) is 20.6 Å². The van der Waals surface area contributed by atoms with E-state index in [1.54, 1.807) is 12.0 Å². The molecule has 0 heterocycles. The number of likely N-dealkylation sites (N-methyl/N-ethyl adjacent to an activating group) is 1. The number of ether oxygens (including phenoxy) is 1. The molecular weight excluding hydrogens is 204 g/mol.